The highest BCUT2D eigenvalue weighted by Crippen LogP contribution is 2.30. The van der Waals surface area contributed by atoms with Crippen molar-refractivity contribution in [3.05, 3.63) is 48.4 Å². The second kappa shape index (κ2) is 7.22. The summed E-state index contributed by atoms with van der Waals surface area (Å²) in [6.07, 6.45) is 1.59. The van der Waals surface area contributed by atoms with Crippen LogP contribution in [0.4, 0.5) is 4.79 Å². The van der Waals surface area contributed by atoms with Crippen molar-refractivity contribution >= 4 is 23.7 Å². The van der Waals surface area contributed by atoms with Crippen LogP contribution in [0.3, 0.4) is 0 Å². The Hall–Kier alpha value is -3.07. The Morgan fingerprint density at radius 1 is 1.24 bits per heavy atom. The van der Waals surface area contributed by atoms with Gasteiger partial charge in [-0.15, -0.1) is 10.2 Å². The number of hydrogen-bond acceptors (Lipinski definition) is 6. The number of imide groups is 1. The van der Waals surface area contributed by atoms with Crippen molar-refractivity contribution in [3.63, 3.8) is 0 Å². The van der Waals surface area contributed by atoms with E-state index in [1.807, 2.05) is 53.2 Å². The molecule has 3 N–H and O–H groups in total. The molecule has 0 saturated carbocycles. The molecule has 0 aliphatic rings. The number of nitrogens with two attached hydrogens (primary N) is 1. The lowest BCUT2D eigenvalue weighted by Crippen LogP contribution is -2.36. The Morgan fingerprint density at radius 2 is 2.00 bits per heavy atom. The molecule has 0 aliphatic carbocycles. The van der Waals surface area contributed by atoms with Crippen LogP contribution in [0, 0.1) is 6.92 Å². The minimum absolute atomic E-state index is 0.0156. The van der Waals surface area contributed by atoms with E-state index < -0.39 is 11.9 Å². The summed E-state index contributed by atoms with van der Waals surface area (Å²) in [7, 11) is 0. The number of carbonyl (C=O) groups excluding carboxylic acids is 2. The van der Waals surface area contributed by atoms with Gasteiger partial charge in [-0.2, -0.15) is 0 Å². The Bertz CT molecular complexity index is 904. The van der Waals surface area contributed by atoms with E-state index in [4.69, 9.17) is 10.2 Å². The van der Waals surface area contributed by atoms with Crippen molar-refractivity contribution in [1.29, 1.82) is 0 Å². The number of amides is 3. The highest BCUT2D eigenvalue weighted by molar-refractivity contribution is 7.99. The summed E-state index contributed by atoms with van der Waals surface area (Å²) in [6.45, 7) is 1.84. The number of urea groups is 1. The van der Waals surface area contributed by atoms with Gasteiger partial charge in [-0.1, -0.05) is 30.0 Å². The zero-order valence-electron chi connectivity index (χ0n) is 13.3. The van der Waals surface area contributed by atoms with Gasteiger partial charge in [0.1, 0.15) is 5.76 Å². The molecule has 0 bridgehead atoms. The number of furan rings is 1. The van der Waals surface area contributed by atoms with Gasteiger partial charge in [0.2, 0.25) is 5.91 Å². The van der Waals surface area contributed by atoms with Gasteiger partial charge in [-0.25, -0.2) is 4.79 Å². The number of nitrogens with zero attached hydrogens (tertiary/aromatic N) is 3. The second-order valence-electron chi connectivity index (χ2n) is 5.07. The van der Waals surface area contributed by atoms with Crippen molar-refractivity contribution in [1.82, 2.24) is 20.1 Å². The third-order valence-electron chi connectivity index (χ3n) is 3.34. The number of para-hydroxylation sites is 1. The number of aromatic nitrogens is 3. The molecule has 3 rings (SSSR count). The maximum Gasteiger partial charge on any atom is 0.318 e. The second-order valence-corrected chi connectivity index (χ2v) is 6.01. The van der Waals surface area contributed by atoms with Crippen molar-refractivity contribution < 1.29 is 14.0 Å². The van der Waals surface area contributed by atoms with Crippen LogP contribution in [-0.4, -0.2) is 32.5 Å². The number of hydrogen-bond donors (Lipinski definition) is 2. The molecule has 0 aliphatic heterocycles. The molecular weight excluding hydrogens is 342 g/mol. The van der Waals surface area contributed by atoms with Crippen molar-refractivity contribution in [2.75, 3.05) is 5.75 Å². The highest BCUT2D eigenvalue weighted by atomic mass is 32.2. The Labute approximate surface area is 147 Å². The van der Waals surface area contributed by atoms with E-state index in [1.165, 1.54) is 0 Å². The van der Waals surface area contributed by atoms with E-state index in [2.05, 4.69) is 10.2 Å². The van der Waals surface area contributed by atoms with Crippen molar-refractivity contribution in [2.24, 2.45) is 5.73 Å². The average Bonchev–Trinajstić information content (AvgIpc) is 3.18. The van der Waals surface area contributed by atoms with Gasteiger partial charge in [-0.05, 0) is 25.1 Å². The predicted molar refractivity (Wildman–Crippen MR) is 92.2 cm³/mol. The summed E-state index contributed by atoms with van der Waals surface area (Å²) in [5.41, 5.74) is 6.60. The van der Waals surface area contributed by atoms with Gasteiger partial charge in [0.25, 0.3) is 0 Å². The molecule has 3 aromatic rings. The summed E-state index contributed by atoms with van der Waals surface area (Å²) in [5.74, 6) is 0.808. The third kappa shape index (κ3) is 3.72. The summed E-state index contributed by atoms with van der Waals surface area (Å²) in [4.78, 5) is 22.4. The quantitative estimate of drug-likeness (QED) is 0.676. The van der Waals surface area contributed by atoms with Crippen LogP contribution in [0.5, 0.6) is 0 Å². The maximum absolute atomic E-state index is 11.7. The molecule has 3 amide bonds. The van der Waals surface area contributed by atoms with E-state index in [1.54, 1.807) is 6.26 Å². The normalized spacial score (nSPS) is 10.6. The molecule has 25 heavy (non-hydrogen) atoms. The Balaban J connectivity index is 1.96. The Morgan fingerprint density at radius 3 is 2.64 bits per heavy atom. The molecule has 0 saturated heterocycles. The maximum atomic E-state index is 11.7. The number of rotatable bonds is 5. The number of nitrogens with one attached hydrogen (secondary N) is 1. The summed E-state index contributed by atoms with van der Waals surface area (Å²) in [6, 6.07) is 10.5. The minimum Gasteiger partial charge on any atom is -0.469 e. The number of carbonyl (C=O) groups is 2. The van der Waals surface area contributed by atoms with E-state index >= 15 is 0 Å². The van der Waals surface area contributed by atoms with Crippen LogP contribution in [0.25, 0.3) is 17.1 Å². The lowest BCUT2D eigenvalue weighted by molar-refractivity contribution is -0.117. The number of thioether (sulfide) groups is 1. The number of primary amides is 1. The van der Waals surface area contributed by atoms with E-state index in [0.29, 0.717) is 16.7 Å². The minimum atomic E-state index is -0.884. The summed E-state index contributed by atoms with van der Waals surface area (Å²) in [5, 5.41) is 11.0. The lowest BCUT2D eigenvalue weighted by Gasteiger charge is -2.09. The smallest absolute Gasteiger partial charge is 0.318 e. The molecule has 8 nitrogen and oxygen atoms in total. The number of benzene rings is 1. The molecule has 128 valence electrons. The lowest BCUT2D eigenvalue weighted by atomic mass is 10.2. The average molecular weight is 357 g/mol. The fourth-order valence-electron chi connectivity index (χ4n) is 2.27. The molecule has 0 unspecified atom stereocenters. The van der Waals surface area contributed by atoms with Crippen LogP contribution in [0.2, 0.25) is 0 Å². The molecule has 0 spiro atoms. The van der Waals surface area contributed by atoms with Crippen molar-refractivity contribution in [3.8, 4) is 17.1 Å². The van der Waals surface area contributed by atoms with Crippen LogP contribution in [0.15, 0.2) is 52.2 Å². The molecule has 9 heteroatoms. The van der Waals surface area contributed by atoms with Crippen LogP contribution < -0.4 is 11.1 Å². The zero-order valence-corrected chi connectivity index (χ0v) is 14.1. The first-order valence-electron chi connectivity index (χ1n) is 7.33. The summed E-state index contributed by atoms with van der Waals surface area (Å²) >= 11 is 1.15. The molecule has 1 aromatic carbocycles. The zero-order chi connectivity index (χ0) is 17.8. The first-order valence-corrected chi connectivity index (χ1v) is 8.32. The van der Waals surface area contributed by atoms with Gasteiger partial charge in [-0.3, -0.25) is 14.7 Å². The van der Waals surface area contributed by atoms with Crippen LogP contribution >= 0.6 is 11.8 Å². The molecule has 0 fully saturated rings. The third-order valence-corrected chi connectivity index (χ3v) is 4.27. The van der Waals surface area contributed by atoms with E-state index in [0.717, 1.165) is 23.0 Å². The van der Waals surface area contributed by atoms with Crippen LogP contribution in [0.1, 0.15) is 5.76 Å². The fraction of sp³-hybridized carbons (Fsp3) is 0.125. The standard InChI is InChI=1S/C16H15N5O3S/c1-10-12(7-8-24-10)14-19-20-16(25-9-13(22)18-15(17)23)21(14)11-5-3-2-4-6-11/h2-8H,9H2,1H3,(H3,17,18,22,23). The Kier molecular flexibility index (Phi) is 4.85. The van der Waals surface area contributed by atoms with Crippen molar-refractivity contribution in [2.45, 2.75) is 12.1 Å². The largest absolute Gasteiger partial charge is 0.469 e. The van der Waals surface area contributed by atoms with Gasteiger partial charge < -0.3 is 10.2 Å². The first-order chi connectivity index (χ1) is 12.1. The summed E-state index contributed by atoms with van der Waals surface area (Å²) < 4.78 is 7.19. The molecule has 2 heterocycles. The topological polar surface area (TPSA) is 116 Å². The van der Waals surface area contributed by atoms with Crippen LogP contribution in [-0.2, 0) is 4.79 Å². The first kappa shape index (κ1) is 16.8. The molecule has 2 aromatic heterocycles. The highest BCUT2D eigenvalue weighted by Gasteiger charge is 2.19. The molecule has 0 atom stereocenters. The van der Waals surface area contributed by atoms with E-state index in [-0.39, 0.29) is 5.75 Å². The fourth-order valence-corrected chi connectivity index (χ4v) is 3.02. The molecular formula is C16H15N5O3S. The van der Waals surface area contributed by atoms with Gasteiger partial charge >= 0.3 is 6.03 Å². The van der Waals surface area contributed by atoms with Gasteiger partial charge in [0, 0.05) is 5.69 Å². The van der Waals surface area contributed by atoms with Gasteiger partial charge in [0.15, 0.2) is 11.0 Å². The van der Waals surface area contributed by atoms with E-state index in [9.17, 15) is 9.59 Å². The predicted octanol–water partition coefficient (Wildman–Crippen LogP) is 2.12. The molecule has 0 radical (unpaired) electrons. The SMILES string of the molecule is Cc1occc1-c1nnc(SCC(=O)NC(N)=O)n1-c1ccccc1. The van der Waals surface area contributed by atoms with Gasteiger partial charge in [0.05, 0.1) is 17.6 Å². The monoisotopic (exact) mass is 357 g/mol. The number of aryl methyl sites for hydroxylation is 1.